The number of hydrogen-bond acceptors (Lipinski definition) is 3. The Bertz CT molecular complexity index is 637. The average Bonchev–Trinajstić information content (AvgIpc) is 3.27. The van der Waals surface area contributed by atoms with Crippen molar-refractivity contribution in [2.24, 2.45) is 11.7 Å². The molecule has 0 spiro atoms. The van der Waals surface area contributed by atoms with Crippen molar-refractivity contribution in [2.75, 3.05) is 6.54 Å². The summed E-state index contributed by atoms with van der Waals surface area (Å²) < 4.78 is 1.73. The smallest absolute Gasteiger partial charge is 0.255 e. The fourth-order valence-electron chi connectivity index (χ4n) is 2.51. The Hall–Kier alpha value is -1.85. The minimum absolute atomic E-state index is 0. The van der Waals surface area contributed by atoms with Crippen LogP contribution in [0.3, 0.4) is 0 Å². The molecule has 118 valence electrons. The average molecular weight is 321 g/mol. The number of halogens is 1. The number of para-hydroxylation sites is 1. The van der Waals surface area contributed by atoms with Crippen molar-refractivity contribution in [3.05, 3.63) is 47.8 Å². The topological polar surface area (TPSA) is 72.9 Å². The highest BCUT2D eigenvalue weighted by atomic mass is 35.5. The summed E-state index contributed by atoms with van der Waals surface area (Å²) >= 11 is 0. The molecule has 1 aliphatic rings. The maximum absolute atomic E-state index is 12.4. The maximum Gasteiger partial charge on any atom is 0.255 e. The van der Waals surface area contributed by atoms with Crippen LogP contribution < -0.4 is 11.1 Å². The van der Waals surface area contributed by atoms with E-state index in [0.29, 0.717) is 18.0 Å². The SMILES string of the molecule is Cc1nn(-c2ccccc2)cc1C(=O)NC(CN)C1CC1.Cl. The van der Waals surface area contributed by atoms with Crippen LogP contribution >= 0.6 is 12.4 Å². The number of nitrogens with one attached hydrogen (secondary N) is 1. The summed E-state index contributed by atoms with van der Waals surface area (Å²) in [7, 11) is 0. The molecule has 0 aliphatic heterocycles. The fourth-order valence-corrected chi connectivity index (χ4v) is 2.51. The summed E-state index contributed by atoms with van der Waals surface area (Å²) in [5.74, 6) is 0.459. The number of rotatable bonds is 5. The van der Waals surface area contributed by atoms with Crippen LogP contribution in [0.5, 0.6) is 0 Å². The van der Waals surface area contributed by atoms with Crippen molar-refractivity contribution in [1.82, 2.24) is 15.1 Å². The predicted molar refractivity (Wildman–Crippen MR) is 88.6 cm³/mol. The second-order valence-corrected chi connectivity index (χ2v) is 5.56. The van der Waals surface area contributed by atoms with Gasteiger partial charge >= 0.3 is 0 Å². The monoisotopic (exact) mass is 320 g/mol. The summed E-state index contributed by atoms with van der Waals surface area (Å²) in [4.78, 5) is 12.4. The summed E-state index contributed by atoms with van der Waals surface area (Å²) in [5, 5.41) is 7.45. The quantitative estimate of drug-likeness (QED) is 0.885. The van der Waals surface area contributed by atoms with Gasteiger partial charge in [-0.1, -0.05) is 18.2 Å². The molecule has 1 aromatic carbocycles. The van der Waals surface area contributed by atoms with Gasteiger partial charge in [0.05, 0.1) is 16.9 Å². The van der Waals surface area contributed by atoms with E-state index >= 15 is 0 Å². The van der Waals surface area contributed by atoms with Gasteiger partial charge < -0.3 is 11.1 Å². The Morgan fingerprint density at radius 2 is 2.09 bits per heavy atom. The van der Waals surface area contributed by atoms with Gasteiger partial charge in [0.15, 0.2) is 0 Å². The lowest BCUT2D eigenvalue weighted by molar-refractivity contribution is 0.0933. The van der Waals surface area contributed by atoms with Crippen LogP contribution in [-0.4, -0.2) is 28.3 Å². The molecule has 1 atom stereocenters. The molecular weight excluding hydrogens is 300 g/mol. The number of aryl methyl sites for hydroxylation is 1. The zero-order valence-electron chi connectivity index (χ0n) is 12.5. The highest BCUT2D eigenvalue weighted by Crippen LogP contribution is 2.32. The Morgan fingerprint density at radius 1 is 1.41 bits per heavy atom. The number of carbonyl (C=O) groups excluding carboxylic acids is 1. The van der Waals surface area contributed by atoms with E-state index in [0.717, 1.165) is 24.2 Å². The molecule has 5 nitrogen and oxygen atoms in total. The molecule has 1 fully saturated rings. The molecule has 0 radical (unpaired) electrons. The molecule has 0 saturated heterocycles. The van der Waals surface area contributed by atoms with Gasteiger partial charge in [0, 0.05) is 18.8 Å². The van der Waals surface area contributed by atoms with Crippen molar-refractivity contribution in [3.63, 3.8) is 0 Å². The zero-order chi connectivity index (χ0) is 14.8. The highest BCUT2D eigenvalue weighted by molar-refractivity contribution is 5.95. The summed E-state index contributed by atoms with van der Waals surface area (Å²) in [6, 6.07) is 9.85. The first-order valence-electron chi connectivity index (χ1n) is 7.31. The van der Waals surface area contributed by atoms with E-state index in [-0.39, 0.29) is 24.4 Å². The van der Waals surface area contributed by atoms with Crippen LogP contribution in [0.25, 0.3) is 5.69 Å². The second-order valence-electron chi connectivity index (χ2n) is 5.56. The normalized spacial score (nSPS) is 15.0. The van der Waals surface area contributed by atoms with Crippen LogP contribution in [0, 0.1) is 12.8 Å². The fraction of sp³-hybridized carbons (Fsp3) is 0.375. The van der Waals surface area contributed by atoms with Crippen molar-refractivity contribution in [2.45, 2.75) is 25.8 Å². The van der Waals surface area contributed by atoms with Gasteiger partial charge in [0.1, 0.15) is 0 Å². The second kappa shape index (κ2) is 6.94. The maximum atomic E-state index is 12.4. The lowest BCUT2D eigenvalue weighted by Gasteiger charge is -2.15. The Kier molecular flexibility index (Phi) is 5.21. The first-order chi connectivity index (χ1) is 10.2. The van der Waals surface area contributed by atoms with Crippen LogP contribution in [0.15, 0.2) is 36.5 Å². The minimum Gasteiger partial charge on any atom is -0.348 e. The van der Waals surface area contributed by atoms with E-state index in [2.05, 4.69) is 10.4 Å². The lowest BCUT2D eigenvalue weighted by Crippen LogP contribution is -2.41. The van der Waals surface area contributed by atoms with Crippen LogP contribution in [0.1, 0.15) is 28.9 Å². The number of nitrogens with two attached hydrogens (primary N) is 1. The van der Waals surface area contributed by atoms with E-state index in [1.165, 1.54) is 0 Å². The number of benzene rings is 1. The number of hydrogen-bond donors (Lipinski definition) is 2. The van der Waals surface area contributed by atoms with Crippen molar-refractivity contribution < 1.29 is 4.79 Å². The number of aromatic nitrogens is 2. The molecule has 3 rings (SSSR count). The molecule has 1 saturated carbocycles. The molecule has 1 aromatic heterocycles. The van der Waals surface area contributed by atoms with E-state index in [1.54, 1.807) is 10.9 Å². The van der Waals surface area contributed by atoms with Crippen LogP contribution in [0.4, 0.5) is 0 Å². The van der Waals surface area contributed by atoms with Gasteiger partial charge in [-0.25, -0.2) is 4.68 Å². The molecule has 0 bridgehead atoms. The van der Waals surface area contributed by atoms with Crippen molar-refractivity contribution in [3.8, 4) is 5.69 Å². The third-order valence-electron chi connectivity index (χ3n) is 3.93. The van der Waals surface area contributed by atoms with E-state index in [1.807, 2.05) is 37.3 Å². The van der Waals surface area contributed by atoms with Gasteiger partial charge in [-0.3, -0.25) is 4.79 Å². The van der Waals surface area contributed by atoms with Gasteiger partial charge in [-0.05, 0) is 37.8 Å². The largest absolute Gasteiger partial charge is 0.348 e. The molecule has 22 heavy (non-hydrogen) atoms. The van der Waals surface area contributed by atoms with E-state index in [4.69, 9.17) is 5.73 Å². The first-order valence-corrected chi connectivity index (χ1v) is 7.31. The molecule has 2 aromatic rings. The molecule has 1 amide bonds. The third kappa shape index (κ3) is 3.48. The summed E-state index contributed by atoms with van der Waals surface area (Å²) in [5.41, 5.74) is 8.01. The number of amides is 1. The Balaban J connectivity index is 0.00000176. The zero-order valence-corrected chi connectivity index (χ0v) is 13.3. The first kappa shape index (κ1) is 16.5. The summed E-state index contributed by atoms with van der Waals surface area (Å²) in [6.45, 7) is 2.34. The molecular formula is C16H21ClN4O. The summed E-state index contributed by atoms with van der Waals surface area (Å²) in [6.07, 6.45) is 4.09. The van der Waals surface area contributed by atoms with Gasteiger partial charge in [-0.2, -0.15) is 5.10 Å². The Labute approximate surface area is 136 Å². The van der Waals surface area contributed by atoms with Gasteiger partial charge in [-0.15, -0.1) is 12.4 Å². The molecule has 3 N–H and O–H groups in total. The van der Waals surface area contributed by atoms with Crippen LogP contribution in [-0.2, 0) is 0 Å². The van der Waals surface area contributed by atoms with Crippen molar-refractivity contribution >= 4 is 18.3 Å². The number of carbonyl (C=O) groups is 1. The molecule has 1 unspecified atom stereocenters. The lowest BCUT2D eigenvalue weighted by atomic mass is 10.1. The van der Waals surface area contributed by atoms with Gasteiger partial charge in [0.25, 0.3) is 5.91 Å². The standard InChI is InChI=1S/C16H20N4O.ClH/c1-11-14(16(21)18-15(9-17)12-7-8-12)10-20(19-11)13-5-3-2-4-6-13;/h2-6,10,12,15H,7-9,17H2,1H3,(H,18,21);1H. The van der Waals surface area contributed by atoms with E-state index in [9.17, 15) is 4.79 Å². The Morgan fingerprint density at radius 3 is 2.68 bits per heavy atom. The molecule has 1 aliphatic carbocycles. The highest BCUT2D eigenvalue weighted by Gasteiger charge is 2.31. The number of nitrogens with zero attached hydrogens (tertiary/aromatic N) is 2. The van der Waals surface area contributed by atoms with E-state index < -0.39 is 0 Å². The third-order valence-corrected chi connectivity index (χ3v) is 3.93. The predicted octanol–water partition coefficient (Wildman–Crippen LogP) is 2.07. The molecule has 6 heteroatoms. The molecule has 1 heterocycles. The minimum atomic E-state index is -0.0861. The van der Waals surface area contributed by atoms with Crippen LogP contribution in [0.2, 0.25) is 0 Å². The van der Waals surface area contributed by atoms with Gasteiger partial charge in [0.2, 0.25) is 0 Å². The van der Waals surface area contributed by atoms with Crippen molar-refractivity contribution in [1.29, 1.82) is 0 Å².